The predicted molar refractivity (Wildman–Crippen MR) is 95.9 cm³/mol. The van der Waals surface area contributed by atoms with Gasteiger partial charge in [0.05, 0.1) is 13.2 Å². The van der Waals surface area contributed by atoms with E-state index in [4.69, 9.17) is 21.1 Å². The molecule has 0 amide bonds. The molecule has 0 bridgehead atoms. The maximum absolute atomic E-state index is 12.4. The Balaban J connectivity index is 2.23. The second kappa shape index (κ2) is 6.97. The third-order valence-electron chi connectivity index (χ3n) is 3.69. The largest absolute Gasteiger partial charge is 0.494 e. The molecule has 5 heteroatoms. The summed E-state index contributed by atoms with van der Waals surface area (Å²) in [6.45, 7) is 4.62. The molecule has 1 N–H and O–H groups in total. The number of fused-ring (bicyclic) bond motifs is 1. The molecular weight excluding hydrogens is 326 g/mol. The van der Waals surface area contributed by atoms with Gasteiger partial charge in [-0.25, -0.2) is 4.79 Å². The van der Waals surface area contributed by atoms with E-state index in [1.807, 2.05) is 37.3 Å². The number of esters is 1. The highest BCUT2D eigenvalue weighted by atomic mass is 35.5. The number of aromatic nitrogens is 1. The number of H-pyrrole nitrogens is 1. The summed E-state index contributed by atoms with van der Waals surface area (Å²) in [6, 6.07) is 13.1. The van der Waals surface area contributed by atoms with Crippen molar-refractivity contribution in [3.63, 3.8) is 0 Å². The third kappa shape index (κ3) is 3.10. The molecule has 2 aromatic carbocycles. The summed E-state index contributed by atoms with van der Waals surface area (Å²) in [6.07, 6.45) is 0. The minimum atomic E-state index is -0.378. The van der Waals surface area contributed by atoms with E-state index in [2.05, 4.69) is 4.98 Å². The number of ether oxygens (including phenoxy) is 2. The third-order valence-corrected chi connectivity index (χ3v) is 3.95. The zero-order valence-electron chi connectivity index (χ0n) is 13.6. The first-order valence-corrected chi connectivity index (χ1v) is 8.23. The van der Waals surface area contributed by atoms with Gasteiger partial charge in [-0.2, -0.15) is 0 Å². The van der Waals surface area contributed by atoms with Gasteiger partial charge < -0.3 is 14.5 Å². The van der Waals surface area contributed by atoms with Crippen molar-refractivity contribution < 1.29 is 14.3 Å². The minimum absolute atomic E-state index is 0.318. The lowest BCUT2D eigenvalue weighted by atomic mass is 10.0. The van der Waals surface area contributed by atoms with Crippen LogP contribution in [0.1, 0.15) is 24.3 Å². The molecule has 1 heterocycles. The Hall–Kier alpha value is -2.46. The highest BCUT2D eigenvalue weighted by Gasteiger charge is 2.20. The van der Waals surface area contributed by atoms with E-state index in [0.717, 1.165) is 27.8 Å². The van der Waals surface area contributed by atoms with Crippen LogP contribution in [-0.2, 0) is 4.74 Å². The van der Waals surface area contributed by atoms with Crippen LogP contribution in [0.4, 0.5) is 0 Å². The maximum atomic E-state index is 12.4. The van der Waals surface area contributed by atoms with Crippen molar-refractivity contribution in [1.82, 2.24) is 4.98 Å². The molecule has 0 fully saturated rings. The lowest BCUT2D eigenvalue weighted by Crippen LogP contribution is -2.06. The summed E-state index contributed by atoms with van der Waals surface area (Å²) in [4.78, 5) is 15.5. The molecule has 4 nitrogen and oxygen atoms in total. The van der Waals surface area contributed by atoms with Crippen LogP contribution < -0.4 is 4.74 Å². The Bertz CT molecular complexity index is 868. The molecular formula is C19H18ClNO3. The fourth-order valence-electron chi connectivity index (χ4n) is 2.70. The van der Waals surface area contributed by atoms with Gasteiger partial charge in [-0.3, -0.25) is 0 Å². The molecule has 0 saturated heterocycles. The van der Waals surface area contributed by atoms with E-state index in [1.54, 1.807) is 19.1 Å². The number of benzene rings is 2. The standard InChI is InChI=1S/C19H18ClNO3/c1-3-23-14-9-10-16-15(11-14)17(12-5-7-13(20)8-6-12)18(21-16)19(22)24-4-2/h5-11,21H,3-4H2,1-2H3. The van der Waals surface area contributed by atoms with Crippen molar-refractivity contribution in [1.29, 1.82) is 0 Å². The van der Waals surface area contributed by atoms with E-state index < -0.39 is 0 Å². The van der Waals surface area contributed by atoms with Crippen LogP contribution >= 0.6 is 11.6 Å². The van der Waals surface area contributed by atoms with Crippen LogP contribution in [0.25, 0.3) is 22.0 Å². The Morgan fingerprint density at radius 3 is 2.50 bits per heavy atom. The molecule has 3 rings (SSSR count). The molecule has 0 aliphatic rings. The minimum Gasteiger partial charge on any atom is -0.494 e. The lowest BCUT2D eigenvalue weighted by molar-refractivity contribution is 0.0521. The van der Waals surface area contributed by atoms with Gasteiger partial charge in [0.1, 0.15) is 11.4 Å². The van der Waals surface area contributed by atoms with Gasteiger partial charge in [-0.1, -0.05) is 23.7 Å². The van der Waals surface area contributed by atoms with Crippen LogP contribution in [0.3, 0.4) is 0 Å². The highest BCUT2D eigenvalue weighted by molar-refractivity contribution is 6.30. The summed E-state index contributed by atoms with van der Waals surface area (Å²) in [5.41, 5.74) is 2.97. The van der Waals surface area contributed by atoms with E-state index in [0.29, 0.717) is 23.9 Å². The van der Waals surface area contributed by atoms with Crippen LogP contribution in [-0.4, -0.2) is 24.2 Å². The van der Waals surface area contributed by atoms with Gasteiger partial charge in [0.25, 0.3) is 0 Å². The van der Waals surface area contributed by atoms with E-state index >= 15 is 0 Å². The van der Waals surface area contributed by atoms with Crippen molar-refractivity contribution in [2.45, 2.75) is 13.8 Å². The van der Waals surface area contributed by atoms with E-state index in [1.165, 1.54) is 0 Å². The van der Waals surface area contributed by atoms with Crippen molar-refractivity contribution in [3.05, 3.63) is 53.2 Å². The summed E-state index contributed by atoms with van der Waals surface area (Å²) in [5, 5.41) is 1.55. The molecule has 0 aliphatic heterocycles. The number of carbonyl (C=O) groups excluding carboxylic acids is 1. The topological polar surface area (TPSA) is 51.3 Å². The normalized spacial score (nSPS) is 10.8. The average Bonchev–Trinajstić information content (AvgIpc) is 2.95. The van der Waals surface area contributed by atoms with Crippen LogP contribution in [0.2, 0.25) is 5.02 Å². The molecule has 0 saturated carbocycles. The van der Waals surface area contributed by atoms with Crippen LogP contribution in [0.5, 0.6) is 5.75 Å². The summed E-state index contributed by atoms with van der Waals surface area (Å²) < 4.78 is 10.8. The van der Waals surface area contributed by atoms with Crippen molar-refractivity contribution in [3.8, 4) is 16.9 Å². The van der Waals surface area contributed by atoms with Crippen LogP contribution in [0.15, 0.2) is 42.5 Å². The zero-order valence-corrected chi connectivity index (χ0v) is 14.3. The monoisotopic (exact) mass is 343 g/mol. The molecule has 1 aromatic heterocycles. The van der Waals surface area contributed by atoms with E-state index in [-0.39, 0.29) is 5.97 Å². The second-order valence-corrected chi connectivity index (χ2v) is 5.68. The van der Waals surface area contributed by atoms with Gasteiger partial charge in [0, 0.05) is 21.5 Å². The van der Waals surface area contributed by atoms with Gasteiger partial charge in [0.2, 0.25) is 0 Å². The highest BCUT2D eigenvalue weighted by Crippen LogP contribution is 2.35. The summed E-state index contributed by atoms with van der Waals surface area (Å²) in [7, 11) is 0. The number of hydrogen-bond acceptors (Lipinski definition) is 3. The lowest BCUT2D eigenvalue weighted by Gasteiger charge is -2.06. The summed E-state index contributed by atoms with van der Waals surface area (Å²) >= 11 is 5.99. The fraction of sp³-hybridized carbons (Fsp3) is 0.211. The smallest absolute Gasteiger partial charge is 0.355 e. The van der Waals surface area contributed by atoms with Gasteiger partial charge in [-0.05, 0) is 49.7 Å². The molecule has 0 spiro atoms. The Morgan fingerprint density at radius 2 is 1.83 bits per heavy atom. The van der Waals surface area contributed by atoms with Crippen molar-refractivity contribution >= 4 is 28.5 Å². The first-order valence-electron chi connectivity index (χ1n) is 7.85. The number of halogens is 1. The van der Waals surface area contributed by atoms with Gasteiger partial charge >= 0.3 is 5.97 Å². The SMILES string of the molecule is CCOC(=O)c1[nH]c2ccc(OCC)cc2c1-c1ccc(Cl)cc1. The van der Waals surface area contributed by atoms with Crippen LogP contribution in [0, 0.1) is 0 Å². The van der Waals surface area contributed by atoms with Gasteiger partial charge in [0.15, 0.2) is 0 Å². The quantitative estimate of drug-likeness (QED) is 0.658. The number of rotatable bonds is 5. The molecule has 3 aromatic rings. The zero-order chi connectivity index (χ0) is 17.1. The Kier molecular flexibility index (Phi) is 4.76. The van der Waals surface area contributed by atoms with Gasteiger partial charge in [-0.15, -0.1) is 0 Å². The molecule has 0 radical (unpaired) electrons. The molecule has 0 unspecified atom stereocenters. The summed E-state index contributed by atoms with van der Waals surface area (Å²) in [5.74, 6) is 0.381. The Labute approximate surface area is 145 Å². The first kappa shape index (κ1) is 16.4. The molecule has 0 atom stereocenters. The number of carbonyl (C=O) groups is 1. The van der Waals surface area contributed by atoms with Crippen molar-refractivity contribution in [2.24, 2.45) is 0 Å². The number of aromatic amines is 1. The van der Waals surface area contributed by atoms with Crippen molar-refractivity contribution in [2.75, 3.05) is 13.2 Å². The predicted octanol–water partition coefficient (Wildman–Crippen LogP) is 5.06. The maximum Gasteiger partial charge on any atom is 0.355 e. The molecule has 24 heavy (non-hydrogen) atoms. The Morgan fingerprint density at radius 1 is 1.08 bits per heavy atom. The second-order valence-electron chi connectivity index (χ2n) is 5.24. The molecule has 0 aliphatic carbocycles. The van der Waals surface area contributed by atoms with E-state index in [9.17, 15) is 4.79 Å². The number of nitrogens with one attached hydrogen (secondary N) is 1. The fourth-order valence-corrected chi connectivity index (χ4v) is 2.83. The first-order chi connectivity index (χ1) is 11.6. The number of hydrogen-bond donors (Lipinski definition) is 1. The average molecular weight is 344 g/mol. The molecule has 124 valence electrons.